The van der Waals surface area contributed by atoms with Gasteiger partial charge in [-0.25, -0.2) is 4.39 Å². The van der Waals surface area contributed by atoms with Gasteiger partial charge in [0.2, 0.25) is 0 Å². The van der Waals surface area contributed by atoms with Crippen LogP contribution in [0.25, 0.3) is 0 Å². The van der Waals surface area contributed by atoms with Gasteiger partial charge in [0.15, 0.2) is 0 Å². The van der Waals surface area contributed by atoms with Crippen LogP contribution in [0.15, 0.2) is 47.6 Å². The highest BCUT2D eigenvalue weighted by Crippen LogP contribution is 2.43. The van der Waals surface area contributed by atoms with Crippen molar-refractivity contribution >= 4 is 0 Å². The van der Waals surface area contributed by atoms with Crippen molar-refractivity contribution in [3.05, 3.63) is 70.1 Å². The highest BCUT2D eigenvalue weighted by atomic mass is 19.1. The molecule has 0 aliphatic heterocycles. The van der Waals surface area contributed by atoms with Gasteiger partial charge in [-0.15, -0.1) is 0 Å². The summed E-state index contributed by atoms with van der Waals surface area (Å²) in [5.41, 5.74) is 7.71. The first kappa shape index (κ1) is 24.6. The van der Waals surface area contributed by atoms with E-state index in [2.05, 4.69) is 59.0 Å². The van der Waals surface area contributed by atoms with Gasteiger partial charge in [-0.2, -0.15) is 0 Å². The molecule has 1 fully saturated rings. The molecular formula is C28H42FN. The number of allylic oxidation sites excluding steroid dienone is 3. The molecule has 0 spiro atoms. The van der Waals surface area contributed by atoms with E-state index < -0.39 is 0 Å². The van der Waals surface area contributed by atoms with Crippen LogP contribution in [0.5, 0.6) is 0 Å². The summed E-state index contributed by atoms with van der Waals surface area (Å²) in [5, 5.41) is 0. The second-order valence-corrected chi connectivity index (χ2v) is 9.44. The van der Waals surface area contributed by atoms with Crippen molar-refractivity contribution in [1.29, 1.82) is 0 Å². The third-order valence-corrected chi connectivity index (χ3v) is 7.21. The molecule has 0 saturated heterocycles. The molecule has 0 unspecified atom stereocenters. The summed E-state index contributed by atoms with van der Waals surface area (Å²) >= 11 is 0. The summed E-state index contributed by atoms with van der Waals surface area (Å²) < 4.78 is 14.8. The number of nitrogens with zero attached hydrogens (tertiary/aromatic N) is 1. The molecule has 0 amide bonds. The Morgan fingerprint density at radius 1 is 1.07 bits per heavy atom. The van der Waals surface area contributed by atoms with E-state index in [0.29, 0.717) is 0 Å². The fourth-order valence-corrected chi connectivity index (χ4v) is 5.26. The van der Waals surface area contributed by atoms with E-state index in [1.54, 1.807) is 0 Å². The number of hydrogen-bond acceptors (Lipinski definition) is 1. The van der Waals surface area contributed by atoms with Gasteiger partial charge in [-0.1, -0.05) is 57.0 Å². The topological polar surface area (TPSA) is 3.24 Å². The third kappa shape index (κ3) is 5.14. The Hall–Kier alpha value is -1.67. The number of aryl methyl sites for hydroxylation is 2. The average Bonchev–Trinajstić information content (AvgIpc) is 3.19. The van der Waals surface area contributed by atoms with E-state index in [0.717, 1.165) is 59.9 Å². The Labute approximate surface area is 184 Å². The molecule has 1 saturated carbocycles. The normalized spacial score (nSPS) is 16.7. The highest BCUT2D eigenvalue weighted by Gasteiger charge is 2.39. The van der Waals surface area contributed by atoms with Gasteiger partial charge < -0.3 is 0 Å². The first-order valence-electron chi connectivity index (χ1n) is 11.6. The lowest BCUT2D eigenvalue weighted by molar-refractivity contribution is 0.198. The van der Waals surface area contributed by atoms with Crippen LogP contribution < -0.4 is 0 Å². The molecule has 30 heavy (non-hydrogen) atoms. The molecule has 1 aromatic rings. The molecule has 0 radical (unpaired) electrons. The molecule has 0 aromatic heterocycles. The Morgan fingerprint density at radius 3 is 2.20 bits per heavy atom. The summed E-state index contributed by atoms with van der Waals surface area (Å²) in [7, 11) is 4.39. The van der Waals surface area contributed by atoms with Crippen LogP contribution in [0, 0.1) is 12.7 Å². The molecule has 0 bridgehead atoms. The monoisotopic (exact) mass is 411 g/mol. The van der Waals surface area contributed by atoms with Crippen molar-refractivity contribution in [3.63, 3.8) is 0 Å². The number of hydrogen-bond donors (Lipinski definition) is 0. The molecule has 0 heterocycles. The van der Waals surface area contributed by atoms with Crippen molar-refractivity contribution < 1.29 is 4.39 Å². The second kappa shape index (κ2) is 10.6. The molecule has 1 aliphatic carbocycles. The van der Waals surface area contributed by atoms with Crippen LogP contribution in [0.2, 0.25) is 0 Å². The van der Waals surface area contributed by atoms with Gasteiger partial charge in [0.05, 0.1) is 0 Å². The van der Waals surface area contributed by atoms with Crippen LogP contribution >= 0.6 is 0 Å². The van der Waals surface area contributed by atoms with Crippen molar-refractivity contribution in [2.45, 2.75) is 91.0 Å². The lowest BCUT2D eigenvalue weighted by Crippen LogP contribution is -2.43. The van der Waals surface area contributed by atoms with E-state index in [4.69, 9.17) is 0 Å². The fourth-order valence-electron chi connectivity index (χ4n) is 5.26. The van der Waals surface area contributed by atoms with E-state index in [1.165, 1.54) is 36.8 Å². The third-order valence-electron chi connectivity index (χ3n) is 7.21. The van der Waals surface area contributed by atoms with E-state index in [9.17, 15) is 4.39 Å². The van der Waals surface area contributed by atoms with Crippen LogP contribution in [-0.2, 0) is 12.8 Å². The SMILES string of the molecule is C=C(C)/C(C(=C)CCc1ccc(CCCC)c(F)c1C)=C(\C)C1(N(C)C)CCCC1. The maximum absolute atomic E-state index is 14.8. The maximum atomic E-state index is 14.8. The fraction of sp³-hybridized carbons (Fsp3) is 0.571. The van der Waals surface area contributed by atoms with Crippen LogP contribution in [0.1, 0.15) is 82.4 Å². The van der Waals surface area contributed by atoms with E-state index in [1.807, 2.05) is 13.0 Å². The summed E-state index contributed by atoms with van der Waals surface area (Å²) in [5.74, 6) is -0.0177. The minimum atomic E-state index is -0.0177. The van der Waals surface area contributed by atoms with Crippen molar-refractivity contribution in [1.82, 2.24) is 4.90 Å². The molecule has 1 nitrogen and oxygen atoms in total. The Bertz CT molecular complexity index is 806. The summed E-state index contributed by atoms with van der Waals surface area (Å²) in [6.07, 6.45) is 9.52. The van der Waals surface area contributed by atoms with Gasteiger partial charge in [0.25, 0.3) is 0 Å². The predicted molar refractivity (Wildman–Crippen MR) is 130 cm³/mol. The standard InChI is InChI=1S/C28H42FN/c1-9-10-13-25-17-16-24(22(5)27(25)29)15-14-21(4)26(20(2)3)23(6)28(30(7)8)18-11-12-19-28/h16-17H,2,4,9-15,18-19H2,1,3,5-8H3/b26-23-. The van der Waals surface area contributed by atoms with Gasteiger partial charge in [0, 0.05) is 5.54 Å². The molecule has 2 rings (SSSR count). The van der Waals surface area contributed by atoms with Gasteiger partial charge in [-0.3, -0.25) is 4.90 Å². The zero-order valence-corrected chi connectivity index (χ0v) is 20.3. The number of benzene rings is 1. The summed E-state index contributed by atoms with van der Waals surface area (Å²) in [6, 6.07) is 4.10. The minimum Gasteiger partial charge on any atom is -0.300 e. The van der Waals surface area contributed by atoms with Crippen molar-refractivity contribution in [2.75, 3.05) is 14.1 Å². The first-order valence-corrected chi connectivity index (χ1v) is 11.6. The highest BCUT2D eigenvalue weighted by molar-refractivity contribution is 5.50. The first-order chi connectivity index (χ1) is 14.2. The van der Waals surface area contributed by atoms with Crippen LogP contribution in [0.3, 0.4) is 0 Å². The Balaban J connectivity index is 2.25. The number of rotatable bonds is 10. The van der Waals surface area contributed by atoms with Gasteiger partial charge in [-0.05, 0) is 107 Å². The van der Waals surface area contributed by atoms with Crippen molar-refractivity contribution in [3.8, 4) is 0 Å². The summed E-state index contributed by atoms with van der Waals surface area (Å²) in [4.78, 5) is 2.39. The van der Waals surface area contributed by atoms with Crippen LogP contribution in [-0.4, -0.2) is 24.5 Å². The number of unbranched alkanes of at least 4 members (excludes halogenated alkanes) is 1. The predicted octanol–water partition coefficient (Wildman–Crippen LogP) is 7.73. The lowest BCUT2D eigenvalue weighted by Gasteiger charge is -2.39. The second-order valence-electron chi connectivity index (χ2n) is 9.44. The molecule has 0 atom stereocenters. The zero-order chi connectivity index (χ0) is 22.5. The minimum absolute atomic E-state index is 0.0177. The summed E-state index contributed by atoms with van der Waals surface area (Å²) in [6.45, 7) is 17.2. The van der Waals surface area contributed by atoms with Crippen LogP contribution in [0.4, 0.5) is 4.39 Å². The lowest BCUT2D eigenvalue weighted by atomic mass is 9.80. The maximum Gasteiger partial charge on any atom is 0.129 e. The largest absolute Gasteiger partial charge is 0.300 e. The molecule has 0 N–H and O–H groups in total. The average molecular weight is 412 g/mol. The van der Waals surface area contributed by atoms with Gasteiger partial charge >= 0.3 is 0 Å². The van der Waals surface area contributed by atoms with E-state index in [-0.39, 0.29) is 11.4 Å². The smallest absolute Gasteiger partial charge is 0.129 e. The van der Waals surface area contributed by atoms with Gasteiger partial charge in [0.1, 0.15) is 5.82 Å². The number of likely N-dealkylation sites (N-methyl/N-ethyl adjacent to an activating group) is 1. The number of halogens is 1. The quantitative estimate of drug-likeness (QED) is 0.356. The zero-order valence-electron chi connectivity index (χ0n) is 20.3. The van der Waals surface area contributed by atoms with E-state index >= 15 is 0 Å². The van der Waals surface area contributed by atoms with Crippen molar-refractivity contribution in [2.24, 2.45) is 0 Å². The Kier molecular flexibility index (Phi) is 8.67. The Morgan fingerprint density at radius 2 is 1.67 bits per heavy atom. The molecule has 2 heteroatoms. The molecular weight excluding hydrogens is 369 g/mol. The molecule has 166 valence electrons. The molecule has 1 aliphatic rings. The molecule has 1 aromatic carbocycles.